The molecule has 78 valence electrons. The Balaban J connectivity index is 2.58. The Morgan fingerprint density at radius 3 is 2.50 bits per heavy atom. The van der Waals surface area contributed by atoms with Crippen molar-refractivity contribution in [2.75, 3.05) is 0 Å². The summed E-state index contributed by atoms with van der Waals surface area (Å²) in [5.41, 5.74) is 1.31. The number of pyridine rings is 1. The van der Waals surface area contributed by atoms with Crippen molar-refractivity contribution < 1.29 is 4.57 Å². The van der Waals surface area contributed by atoms with Crippen LogP contribution in [0.15, 0.2) is 48.7 Å². The molecule has 1 aromatic heterocycles. The van der Waals surface area contributed by atoms with E-state index in [4.69, 9.17) is 0 Å². The first kappa shape index (κ1) is 9.34. The highest BCUT2D eigenvalue weighted by atomic mass is 14.9. The molecule has 0 saturated heterocycles. The van der Waals surface area contributed by atoms with Crippen LogP contribution in [0, 0.1) is 6.92 Å². The molecule has 0 radical (unpaired) electrons. The Kier molecular flexibility index (Phi) is 1.93. The summed E-state index contributed by atoms with van der Waals surface area (Å²) >= 11 is 0. The van der Waals surface area contributed by atoms with E-state index in [1.54, 1.807) is 0 Å². The third kappa shape index (κ3) is 1.21. The molecule has 0 aliphatic carbocycles. The van der Waals surface area contributed by atoms with E-state index in [0.29, 0.717) is 0 Å². The third-order valence-corrected chi connectivity index (χ3v) is 3.35. The largest absolute Gasteiger partial charge is 0.205 e. The van der Waals surface area contributed by atoms with Crippen LogP contribution in [-0.2, 0) is 7.05 Å². The van der Waals surface area contributed by atoms with E-state index in [2.05, 4.69) is 67.2 Å². The van der Waals surface area contributed by atoms with Gasteiger partial charge in [-0.3, -0.25) is 0 Å². The zero-order valence-corrected chi connectivity index (χ0v) is 9.57. The van der Waals surface area contributed by atoms with Gasteiger partial charge in [-0.05, 0) is 16.8 Å². The molecule has 0 aliphatic heterocycles. The molecule has 1 nitrogen and oxygen atoms in total. The fourth-order valence-corrected chi connectivity index (χ4v) is 2.28. The Labute approximate surface area is 95.0 Å². The molecule has 16 heavy (non-hydrogen) atoms. The quantitative estimate of drug-likeness (QED) is 0.395. The Morgan fingerprint density at radius 1 is 0.812 bits per heavy atom. The van der Waals surface area contributed by atoms with Crippen LogP contribution in [0.2, 0.25) is 0 Å². The second kappa shape index (κ2) is 3.31. The smallest absolute Gasteiger partial charge is 0.185 e. The van der Waals surface area contributed by atoms with Gasteiger partial charge in [-0.2, -0.15) is 0 Å². The number of hydrogen-bond donors (Lipinski definition) is 0. The summed E-state index contributed by atoms with van der Waals surface area (Å²) in [6.45, 7) is 2.16. The molecule has 0 N–H and O–H groups in total. The first-order valence-electron chi connectivity index (χ1n) is 5.54. The normalized spacial score (nSPS) is 11.1. The molecule has 3 rings (SSSR count). The van der Waals surface area contributed by atoms with Gasteiger partial charge in [0.05, 0.1) is 0 Å². The summed E-state index contributed by atoms with van der Waals surface area (Å²) in [6, 6.07) is 15.2. The number of rotatable bonds is 0. The van der Waals surface area contributed by atoms with Gasteiger partial charge in [-0.15, -0.1) is 0 Å². The molecule has 0 aliphatic rings. The Morgan fingerprint density at radius 2 is 1.62 bits per heavy atom. The highest BCUT2D eigenvalue weighted by Crippen LogP contribution is 2.25. The van der Waals surface area contributed by atoms with Gasteiger partial charge in [0, 0.05) is 23.8 Å². The van der Waals surface area contributed by atoms with Crippen LogP contribution in [0.4, 0.5) is 0 Å². The van der Waals surface area contributed by atoms with Crippen LogP contribution in [0.1, 0.15) is 5.69 Å². The Hall–Kier alpha value is -1.89. The van der Waals surface area contributed by atoms with Crippen LogP contribution in [0.5, 0.6) is 0 Å². The summed E-state index contributed by atoms with van der Waals surface area (Å²) in [5, 5.41) is 5.32. The second-order valence-electron chi connectivity index (χ2n) is 4.26. The molecule has 3 aromatic rings. The highest BCUT2D eigenvalue weighted by Gasteiger charge is 2.08. The summed E-state index contributed by atoms with van der Waals surface area (Å²) in [4.78, 5) is 0. The predicted molar refractivity (Wildman–Crippen MR) is 67.4 cm³/mol. The van der Waals surface area contributed by atoms with Crippen molar-refractivity contribution in [3.05, 3.63) is 54.4 Å². The molecule has 0 unspecified atom stereocenters. The van der Waals surface area contributed by atoms with Gasteiger partial charge in [0.15, 0.2) is 11.9 Å². The van der Waals surface area contributed by atoms with E-state index in [1.807, 2.05) is 0 Å². The fourth-order valence-electron chi connectivity index (χ4n) is 2.28. The predicted octanol–water partition coefficient (Wildman–Crippen LogP) is 3.13. The van der Waals surface area contributed by atoms with Gasteiger partial charge in [-0.1, -0.05) is 30.3 Å². The van der Waals surface area contributed by atoms with Gasteiger partial charge in [-0.25, -0.2) is 4.57 Å². The van der Waals surface area contributed by atoms with E-state index in [0.717, 1.165) is 0 Å². The SMILES string of the molecule is Cc1c2ccc3ccccc3c2cc[n+]1C. The minimum atomic E-state index is 1.31. The molecule has 0 bridgehead atoms. The fraction of sp³-hybridized carbons (Fsp3) is 0.133. The summed E-state index contributed by atoms with van der Waals surface area (Å²) < 4.78 is 2.16. The molecule has 1 heterocycles. The van der Waals surface area contributed by atoms with Crippen molar-refractivity contribution in [2.45, 2.75) is 6.92 Å². The maximum Gasteiger partial charge on any atom is 0.185 e. The maximum atomic E-state index is 2.22. The van der Waals surface area contributed by atoms with Crippen LogP contribution in [0.3, 0.4) is 0 Å². The van der Waals surface area contributed by atoms with Gasteiger partial charge in [0.25, 0.3) is 0 Å². The first-order chi connectivity index (χ1) is 7.77. The molecule has 0 saturated carbocycles. The molecule has 2 aromatic carbocycles. The molecular formula is C15H14N+. The standard InChI is InChI=1S/C15H14N/c1-11-13-8-7-12-5-3-4-6-14(12)15(13)9-10-16(11)2/h3-10H,1-2H3/q+1. The number of aromatic nitrogens is 1. The van der Waals surface area contributed by atoms with Gasteiger partial charge < -0.3 is 0 Å². The number of nitrogens with zero attached hydrogens (tertiary/aromatic N) is 1. The molecule has 0 atom stereocenters. The zero-order chi connectivity index (χ0) is 11.1. The van der Waals surface area contributed by atoms with Crippen molar-refractivity contribution in [3.63, 3.8) is 0 Å². The van der Waals surface area contributed by atoms with Crippen LogP contribution in [0.25, 0.3) is 21.5 Å². The third-order valence-electron chi connectivity index (χ3n) is 3.35. The summed E-state index contributed by atoms with van der Waals surface area (Å²) in [6.07, 6.45) is 2.13. The lowest BCUT2D eigenvalue weighted by Gasteiger charge is -2.04. The highest BCUT2D eigenvalue weighted by molar-refractivity contribution is 6.07. The van der Waals surface area contributed by atoms with E-state index < -0.39 is 0 Å². The molecule has 0 fully saturated rings. The van der Waals surface area contributed by atoms with Gasteiger partial charge >= 0.3 is 0 Å². The number of aryl methyl sites for hydroxylation is 2. The Bertz CT molecular complexity index is 683. The lowest BCUT2D eigenvalue weighted by Crippen LogP contribution is -2.31. The minimum absolute atomic E-state index is 1.31. The first-order valence-corrected chi connectivity index (χ1v) is 5.54. The van der Waals surface area contributed by atoms with Crippen LogP contribution >= 0.6 is 0 Å². The van der Waals surface area contributed by atoms with E-state index in [1.165, 1.54) is 27.2 Å². The summed E-state index contributed by atoms with van der Waals surface area (Å²) in [5.74, 6) is 0. The average molecular weight is 208 g/mol. The lowest BCUT2D eigenvalue weighted by molar-refractivity contribution is -0.676. The maximum absolute atomic E-state index is 2.22. The van der Waals surface area contributed by atoms with Crippen molar-refractivity contribution >= 4 is 21.5 Å². The number of benzene rings is 2. The van der Waals surface area contributed by atoms with Crippen molar-refractivity contribution in [1.82, 2.24) is 0 Å². The summed E-state index contributed by atoms with van der Waals surface area (Å²) in [7, 11) is 2.09. The number of hydrogen-bond acceptors (Lipinski definition) is 0. The van der Waals surface area contributed by atoms with E-state index >= 15 is 0 Å². The van der Waals surface area contributed by atoms with Crippen LogP contribution < -0.4 is 4.57 Å². The second-order valence-corrected chi connectivity index (χ2v) is 4.26. The lowest BCUT2D eigenvalue weighted by atomic mass is 10.0. The van der Waals surface area contributed by atoms with E-state index in [9.17, 15) is 0 Å². The minimum Gasteiger partial charge on any atom is -0.205 e. The number of fused-ring (bicyclic) bond motifs is 3. The molecule has 0 amide bonds. The molecule has 1 heteroatoms. The monoisotopic (exact) mass is 208 g/mol. The average Bonchev–Trinajstić information content (AvgIpc) is 2.33. The van der Waals surface area contributed by atoms with Crippen molar-refractivity contribution in [2.24, 2.45) is 7.05 Å². The van der Waals surface area contributed by atoms with Crippen molar-refractivity contribution in [1.29, 1.82) is 0 Å². The topological polar surface area (TPSA) is 3.88 Å². The van der Waals surface area contributed by atoms with Gasteiger partial charge in [0.1, 0.15) is 7.05 Å². The zero-order valence-electron chi connectivity index (χ0n) is 9.57. The van der Waals surface area contributed by atoms with Gasteiger partial charge in [0.2, 0.25) is 0 Å². The van der Waals surface area contributed by atoms with Crippen molar-refractivity contribution in [3.8, 4) is 0 Å². The molecule has 0 spiro atoms. The van der Waals surface area contributed by atoms with E-state index in [-0.39, 0.29) is 0 Å². The molecular weight excluding hydrogens is 194 g/mol. The van der Waals surface area contributed by atoms with Crippen LogP contribution in [-0.4, -0.2) is 0 Å².